The van der Waals surface area contributed by atoms with Crippen molar-refractivity contribution in [3.63, 3.8) is 0 Å². The molecule has 0 radical (unpaired) electrons. The number of benzene rings is 3. The molecule has 1 aliphatic rings. The van der Waals surface area contributed by atoms with Gasteiger partial charge in [-0.2, -0.15) is 4.31 Å². The summed E-state index contributed by atoms with van der Waals surface area (Å²) in [6.07, 6.45) is 3.32. The molecule has 1 aliphatic heterocycles. The van der Waals surface area contributed by atoms with Crippen molar-refractivity contribution in [2.24, 2.45) is 5.92 Å². The van der Waals surface area contributed by atoms with Crippen LogP contribution in [-0.2, 0) is 10.0 Å². The summed E-state index contributed by atoms with van der Waals surface area (Å²) in [7, 11) is -6.72. The molecule has 0 spiro atoms. The molecule has 6 heteroatoms. The van der Waals surface area contributed by atoms with Crippen LogP contribution in [0.3, 0.4) is 0 Å². The van der Waals surface area contributed by atoms with E-state index in [-0.39, 0.29) is 6.04 Å². The number of hydrogen-bond acceptors (Lipinski definition) is 3. The Hall–Kier alpha value is -2.25. The molecule has 0 aromatic heterocycles. The number of aryl methyl sites for hydroxylation is 1. The van der Waals surface area contributed by atoms with Crippen LogP contribution in [0.25, 0.3) is 0 Å². The molecule has 2 atom stereocenters. The number of nitrogens with zero attached hydrogens (tertiary/aromatic N) is 1. The van der Waals surface area contributed by atoms with Crippen molar-refractivity contribution >= 4 is 28.7 Å². The van der Waals surface area contributed by atoms with Gasteiger partial charge in [0.2, 0.25) is 10.0 Å². The Labute approximate surface area is 218 Å². The van der Waals surface area contributed by atoms with E-state index in [4.69, 9.17) is 0 Å². The SMILES string of the molecule is Cc1ccc(S(=O)(=O)N2C[C@H](C)CC[C@H]2CCC(C)(C)[Si](O)(c2ccccc2)c2ccccc2)cc1. The van der Waals surface area contributed by atoms with Crippen molar-refractivity contribution in [1.29, 1.82) is 0 Å². The highest BCUT2D eigenvalue weighted by Gasteiger charge is 2.50. The highest BCUT2D eigenvalue weighted by Crippen LogP contribution is 2.42. The molecular weight excluding hydrogens is 482 g/mol. The minimum absolute atomic E-state index is 0.0726. The lowest BCUT2D eigenvalue weighted by molar-refractivity contribution is 0.189. The van der Waals surface area contributed by atoms with Gasteiger partial charge in [-0.05, 0) is 66.1 Å². The topological polar surface area (TPSA) is 57.6 Å². The first-order chi connectivity index (χ1) is 17.1. The molecule has 0 bridgehead atoms. The lowest BCUT2D eigenvalue weighted by atomic mass is 9.92. The molecular formula is C30H39NO3SSi. The minimum Gasteiger partial charge on any atom is -0.424 e. The summed E-state index contributed by atoms with van der Waals surface area (Å²) in [5, 5.41) is 1.57. The van der Waals surface area contributed by atoms with Gasteiger partial charge in [-0.15, -0.1) is 0 Å². The minimum atomic E-state index is -3.59. The smallest absolute Gasteiger partial charge is 0.258 e. The predicted octanol–water partition coefficient (Wildman–Crippen LogP) is 5.10. The van der Waals surface area contributed by atoms with E-state index in [0.717, 1.165) is 41.6 Å². The van der Waals surface area contributed by atoms with Gasteiger partial charge in [-0.25, -0.2) is 8.42 Å². The van der Waals surface area contributed by atoms with Crippen molar-refractivity contribution in [3.05, 3.63) is 90.5 Å². The van der Waals surface area contributed by atoms with Crippen molar-refractivity contribution in [1.82, 2.24) is 4.31 Å². The average Bonchev–Trinajstić information content (AvgIpc) is 2.88. The molecule has 192 valence electrons. The molecule has 1 saturated heterocycles. The summed E-state index contributed by atoms with van der Waals surface area (Å²) < 4.78 is 29.2. The fraction of sp³-hybridized carbons (Fsp3) is 0.400. The van der Waals surface area contributed by atoms with Gasteiger partial charge in [0.15, 0.2) is 0 Å². The Morgan fingerprint density at radius 3 is 1.94 bits per heavy atom. The van der Waals surface area contributed by atoms with Crippen molar-refractivity contribution < 1.29 is 13.2 Å². The van der Waals surface area contributed by atoms with Crippen LogP contribution in [0.4, 0.5) is 0 Å². The van der Waals surface area contributed by atoms with E-state index in [1.54, 1.807) is 16.4 Å². The van der Waals surface area contributed by atoms with Crippen LogP contribution in [-0.4, -0.2) is 38.4 Å². The maximum absolute atomic E-state index is 13.7. The molecule has 0 aliphatic carbocycles. The van der Waals surface area contributed by atoms with E-state index >= 15 is 0 Å². The fourth-order valence-corrected chi connectivity index (χ4v) is 11.2. The number of rotatable bonds is 8. The zero-order chi connectivity index (χ0) is 26.0. The molecule has 4 nitrogen and oxygen atoms in total. The Bertz CT molecular complexity index is 1200. The van der Waals surface area contributed by atoms with Gasteiger partial charge in [-0.1, -0.05) is 99.1 Å². The zero-order valence-corrected chi connectivity index (χ0v) is 23.7. The Morgan fingerprint density at radius 1 is 0.889 bits per heavy atom. The summed E-state index contributed by atoms with van der Waals surface area (Å²) in [5.41, 5.74) is 1.05. The van der Waals surface area contributed by atoms with Crippen molar-refractivity contribution in [3.8, 4) is 0 Å². The Kier molecular flexibility index (Phi) is 7.91. The standard InChI is InChI=1S/C30H39NO3SSi/c1-24-16-19-27(20-17-24)35(32,33)31-23-25(2)15-18-26(31)21-22-30(3,4)36(34,28-11-7-5-8-12-28)29-13-9-6-10-14-29/h5-14,16-17,19-20,25-26,34H,15,18,21-23H2,1-4H3/t25-,26+/m1/s1. The summed E-state index contributed by atoms with van der Waals surface area (Å²) in [6, 6.07) is 27.2. The van der Waals surface area contributed by atoms with Crippen LogP contribution in [0.2, 0.25) is 5.04 Å². The first-order valence-electron chi connectivity index (χ1n) is 13.0. The third-order valence-electron chi connectivity index (χ3n) is 7.98. The highest BCUT2D eigenvalue weighted by molar-refractivity contribution is 7.89. The Morgan fingerprint density at radius 2 is 1.42 bits per heavy atom. The van der Waals surface area contributed by atoms with Gasteiger partial charge >= 0.3 is 0 Å². The van der Waals surface area contributed by atoms with Gasteiger partial charge in [0.05, 0.1) is 4.90 Å². The zero-order valence-electron chi connectivity index (χ0n) is 21.9. The van der Waals surface area contributed by atoms with Crippen molar-refractivity contribution in [2.45, 2.75) is 69.4 Å². The number of piperidine rings is 1. The Balaban J connectivity index is 1.64. The van der Waals surface area contributed by atoms with Crippen LogP contribution in [0.15, 0.2) is 89.8 Å². The van der Waals surface area contributed by atoms with Gasteiger partial charge in [-0.3, -0.25) is 0 Å². The molecule has 0 amide bonds. The molecule has 3 aromatic carbocycles. The second-order valence-corrected chi connectivity index (χ2v) is 16.9. The second kappa shape index (κ2) is 10.6. The summed E-state index contributed by atoms with van der Waals surface area (Å²) in [4.78, 5) is 12.9. The first-order valence-corrected chi connectivity index (χ1v) is 16.4. The lowest BCUT2D eigenvalue weighted by Crippen LogP contribution is -2.65. The van der Waals surface area contributed by atoms with Crippen LogP contribution >= 0.6 is 0 Å². The quantitative estimate of drug-likeness (QED) is 0.420. The van der Waals surface area contributed by atoms with E-state index in [0.29, 0.717) is 17.4 Å². The molecule has 4 rings (SSSR count). The van der Waals surface area contributed by atoms with E-state index in [2.05, 4.69) is 20.8 Å². The molecule has 1 N–H and O–H groups in total. The van der Waals surface area contributed by atoms with Crippen LogP contribution in [0.1, 0.15) is 52.0 Å². The first kappa shape index (κ1) is 26.8. The largest absolute Gasteiger partial charge is 0.424 e. The van der Waals surface area contributed by atoms with E-state index < -0.39 is 23.4 Å². The second-order valence-electron chi connectivity index (χ2n) is 11.1. The molecule has 1 heterocycles. The third-order valence-corrected chi connectivity index (χ3v) is 14.5. The summed E-state index contributed by atoms with van der Waals surface area (Å²) in [5.74, 6) is 0.328. The van der Waals surface area contributed by atoms with Gasteiger partial charge < -0.3 is 4.80 Å². The average molecular weight is 522 g/mol. The molecule has 36 heavy (non-hydrogen) atoms. The van der Waals surface area contributed by atoms with Gasteiger partial charge in [0.1, 0.15) is 0 Å². The van der Waals surface area contributed by atoms with Crippen LogP contribution in [0.5, 0.6) is 0 Å². The normalized spacial score (nSPS) is 19.8. The van der Waals surface area contributed by atoms with E-state index in [1.165, 1.54) is 0 Å². The summed E-state index contributed by atoms with van der Waals surface area (Å²) >= 11 is 0. The molecule has 1 fully saturated rings. The number of sulfonamides is 1. The van der Waals surface area contributed by atoms with Gasteiger partial charge in [0, 0.05) is 12.6 Å². The van der Waals surface area contributed by atoms with E-state index in [9.17, 15) is 13.2 Å². The van der Waals surface area contributed by atoms with Gasteiger partial charge in [0.25, 0.3) is 8.32 Å². The molecule has 3 aromatic rings. The monoisotopic (exact) mass is 521 g/mol. The summed E-state index contributed by atoms with van der Waals surface area (Å²) in [6.45, 7) is 8.95. The molecule has 0 saturated carbocycles. The lowest BCUT2D eigenvalue weighted by Gasteiger charge is -2.44. The van der Waals surface area contributed by atoms with Crippen molar-refractivity contribution in [2.75, 3.05) is 6.54 Å². The maximum Gasteiger partial charge on any atom is 0.258 e. The highest BCUT2D eigenvalue weighted by atomic mass is 32.2. The molecule has 0 unspecified atom stereocenters. The third kappa shape index (κ3) is 5.23. The fourth-order valence-electron chi connectivity index (χ4n) is 5.61. The predicted molar refractivity (Wildman–Crippen MR) is 151 cm³/mol. The van der Waals surface area contributed by atoms with Crippen LogP contribution in [0, 0.1) is 12.8 Å². The number of hydrogen-bond donors (Lipinski definition) is 1. The maximum atomic E-state index is 13.7. The van der Waals surface area contributed by atoms with Crippen LogP contribution < -0.4 is 10.4 Å². The van der Waals surface area contributed by atoms with E-state index in [1.807, 2.05) is 79.7 Å².